The van der Waals surface area contributed by atoms with Gasteiger partial charge in [0.05, 0.1) is 24.1 Å². The number of aliphatic hydroxyl groups excluding tert-OH is 2. The van der Waals surface area contributed by atoms with Crippen LogP contribution in [0.5, 0.6) is 0 Å². The van der Waals surface area contributed by atoms with Crippen molar-refractivity contribution in [3.05, 3.63) is 35.9 Å². The van der Waals surface area contributed by atoms with E-state index in [2.05, 4.69) is 17.4 Å². The van der Waals surface area contributed by atoms with Crippen LogP contribution in [0, 0.1) is 0 Å². The molecule has 1 aliphatic heterocycles. The maximum absolute atomic E-state index is 9.25. The Labute approximate surface area is 93.5 Å². The molecule has 1 aliphatic rings. The lowest BCUT2D eigenvalue weighted by atomic mass is 10.0. The standard InChI is InChI=1S/C11H15NO2S/c13-6-11(7-14)8-15-10(12-11)9-4-2-1-3-5-9/h1-5,10,12-14H,6-8H2/t10-/m0/s1. The van der Waals surface area contributed by atoms with E-state index in [0.717, 1.165) is 5.75 Å². The van der Waals surface area contributed by atoms with E-state index in [4.69, 9.17) is 0 Å². The van der Waals surface area contributed by atoms with Crippen LogP contribution in [-0.2, 0) is 0 Å². The first-order valence-corrected chi connectivity index (χ1v) is 6.00. The molecule has 0 unspecified atom stereocenters. The molecule has 1 aromatic carbocycles. The molecular formula is C11H15NO2S. The zero-order valence-electron chi connectivity index (χ0n) is 8.39. The summed E-state index contributed by atoms with van der Waals surface area (Å²) in [4.78, 5) is 0. The van der Waals surface area contributed by atoms with Gasteiger partial charge in [0, 0.05) is 5.75 Å². The lowest BCUT2D eigenvalue weighted by Gasteiger charge is -2.24. The largest absolute Gasteiger partial charge is 0.394 e. The molecular weight excluding hydrogens is 210 g/mol. The number of thioether (sulfide) groups is 1. The average Bonchev–Trinajstić information content (AvgIpc) is 2.75. The molecule has 0 radical (unpaired) electrons. The summed E-state index contributed by atoms with van der Waals surface area (Å²) >= 11 is 1.72. The third-order valence-electron chi connectivity index (χ3n) is 2.67. The third-order valence-corrected chi connectivity index (χ3v) is 4.11. The number of hydrogen-bond donors (Lipinski definition) is 3. The molecule has 0 amide bonds. The highest BCUT2D eigenvalue weighted by molar-refractivity contribution is 7.99. The van der Waals surface area contributed by atoms with E-state index in [0.29, 0.717) is 0 Å². The summed E-state index contributed by atoms with van der Waals surface area (Å²) in [5.41, 5.74) is 0.664. The van der Waals surface area contributed by atoms with Crippen LogP contribution in [0.3, 0.4) is 0 Å². The minimum absolute atomic E-state index is 0.0279. The normalized spacial score (nSPS) is 24.3. The summed E-state index contributed by atoms with van der Waals surface area (Å²) < 4.78 is 0. The number of hydrogen-bond acceptors (Lipinski definition) is 4. The Bertz CT molecular complexity index is 314. The van der Waals surface area contributed by atoms with Gasteiger partial charge >= 0.3 is 0 Å². The van der Waals surface area contributed by atoms with Crippen LogP contribution in [0.4, 0.5) is 0 Å². The summed E-state index contributed by atoms with van der Waals surface area (Å²) in [7, 11) is 0. The molecule has 0 aromatic heterocycles. The van der Waals surface area contributed by atoms with Crippen LogP contribution in [0.2, 0.25) is 0 Å². The van der Waals surface area contributed by atoms with E-state index < -0.39 is 5.54 Å². The van der Waals surface area contributed by atoms with Crippen molar-refractivity contribution < 1.29 is 10.2 Å². The molecule has 15 heavy (non-hydrogen) atoms. The van der Waals surface area contributed by atoms with Crippen LogP contribution in [0.15, 0.2) is 30.3 Å². The van der Waals surface area contributed by atoms with Gasteiger partial charge in [-0.15, -0.1) is 11.8 Å². The highest BCUT2D eigenvalue weighted by Crippen LogP contribution is 2.36. The summed E-state index contributed by atoms with van der Waals surface area (Å²) in [6.07, 6.45) is 0. The molecule has 1 fully saturated rings. The van der Waals surface area contributed by atoms with Crippen molar-refractivity contribution in [2.45, 2.75) is 10.9 Å². The van der Waals surface area contributed by atoms with Gasteiger partial charge in [0.1, 0.15) is 0 Å². The Morgan fingerprint density at radius 1 is 1.27 bits per heavy atom. The second kappa shape index (κ2) is 4.53. The summed E-state index contributed by atoms with van der Waals surface area (Å²) in [6, 6.07) is 10.1. The fourth-order valence-corrected chi connectivity index (χ4v) is 3.08. The Hall–Kier alpha value is -0.550. The van der Waals surface area contributed by atoms with Gasteiger partial charge in [-0.3, -0.25) is 5.32 Å². The van der Waals surface area contributed by atoms with Crippen molar-refractivity contribution >= 4 is 11.8 Å². The van der Waals surface area contributed by atoms with Crippen LogP contribution >= 0.6 is 11.8 Å². The van der Waals surface area contributed by atoms with E-state index in [1.807, 2.05) is 18.2 Å². The first kappa shape index (κ1) is 11.0. The van der Waals surface area contributed by atoms with E-state index in [-0.39, 0.29) is 18.6 Å². The van der Waals surface area contributed by atoms with Gasteiger partial charge in [0.25, 0.3) is 0 Å². The van der Waals surface area contributed by atoms with Gasteiger partial charge in [-0.05, 0) is 5.56 Å². The number of benzene rings is 1. The van der Waals surface area contributed by atoms with Crippen molar-refractivity contribution in [2.75, 3.05) is 19.0 Å². The molecule has 4 heteroatoms. The molecule has 1 heterocycles. The fourth-order valence-electron chi connectivity index (χ4n) is 1.64. The average molecular weight is 225 g/mol. The van der Waals surface area contributed by atoms with Gasteiger partial charge in [0.15, 0.2) is 0 Å². The lowest BCUT2D eigenvalue weighted by Crippen LogP contribution is -2.49. The second-order valence-corrected chi connectivity index (χ2v) is 4.94. The molecule has 1 saturated heterocycles. The Kier molecular flexibility index (Phi) is 3.31. The fraction of sp³-hybridized carbons (Fsp3) is 0.455. The topological polar surface area (TPSA) is 52.5 Å². The third kappa shape index (κ3) is 2.18. The van der Waals surface area contributed by atoms with Crippen LogP contribution in [0.1, 0.15) is 10.9 Å². The molecule has 1 aromatic rings. The van der Waals surface area contributed by atoms with E-state index in [9.17, 15) is 10.2 Å². The number of aliphatic hydroxyl groups is 2. The SMILES string of the molecule is OCC1(CO)CS[C@@H](c2ccccc2)N1. The molecule has 3 nitrogen and oxygen atoms in total. The van der Waals surface area contributed by atoms with Crippen molar-refractivity contribution in [1.29, 1.82) is 0 Å². The molecule has 3 N–H and O–H groups in total. The van der Waals surface area contributed by atoms with Crippen molar-refractivity contribution in [2.24, 2.45) is 0 Å². The number of rotatable bonds is 3. The quantitative estimate of drug-likeness (QED) is 0.710. The maximum Gasteiger partial charge on any atom is 0.0795 e. The monoisotopic (exact) mass is 225 g/mol. The van der Waals surface area contributed by atoms with Crippen LogP contribution in [-0.4, -0.2) is 34.7 Å². The maximum atomic E-state index is 9.25. The van der Waals surface area contributed by atoms with Crippen molar-refractivity contribution in [3.63, 3.8) is 0 Å². The highest BCUT2D eigenvalue weighted by atomic mass is 32.2. The second-order valence-electron chi connectivity index (χ2n) is 3.84. The van der Waals surface area contributed by atoms with E-state index >= 15 is 0 Å². The minimum Gasteiger partial charge on any atom is -0.394 e. The summed E-state index contributed by atoms with van der Waals surface area (Å²) in [5, 5.41) is 21.9. The van der Waals surface area contributed by atoms with Crippen molar-refractivity contribution in [1.82, 2.24) is 5.32 Å². The molecule has 0 bridgehead atoms. The summed E-state index contributed by atoms with van der Waals surface area (Å²) in [5.74, 6) is 0.736. The minimum atomic E-state index is -0.523. The molecule has 0 spiro atoms. The highest BCUT2D eigenvalue weighted by Gasteiger charge is 2.38. The molecule has 0 saturated carbocycles. The summed E-state index contributed by atoms with van der Waals surface area (Å²) in [6.45, 7) is -0.0559. The van der Waals surface area contributed by atoms with Gasteiger partial charge in [-0.2, -0.15) is 0 Å². The van der Waals surface area contributed by atoms with E-state index in [1.54, 1.807) is 11.8 Å². The molecule has 0 aliphatic carbocycles. The predicted molar refractivity (Wildman–Crippen MR) is 61.7 cm³/mol. The van der Waals surface area contributed by atoms with Crippen molar-refractivity contribution in [3.8, 4) is 0 Å². The first-order chi connectivity index (χ1) is 7.29. The smallest absolute Gasteiger partial charge is 0.0795 e. The van der Waals surface area contributed by atoms with Crippen LogP contribution in [0.25, 0.3) is 0 Å². The Morgan fingerprint density at radius 3 is 2.47 bits per heavy atom. The Balaban J connectivity index is 2.10. The van der Waals surface area contributed by atoms with Gasteiger partial charge in [-0.25, -0.2) is 0 Å². The van der Waals surface area contributed by atoms with Gasteiger partial charge < -0.3 is 10.2 Å². The zero-order valence-corrected chi connectivity index (χ0v) is 9.20. The van der Waals surface area contributed by atoms with Gasteiger partial charge in [-0.1, -0.05) is 30.3 Å². The molecule has 1 atom stereocenters. The number of nitrogens with one attached hydrogen (secondary N) is 1. The van der Waals surface area contributed by atoms with E-state index in [1.165, 1.54) is 5.56 Å². The first-order valence-electron chi connectivity index (χ1n) is 4.96. The molecule has 82 valence electrons. The lowest BCUT2D eigenvalue weighted by molar-refractivity contribution is 0.112. The van der Waals surface area contributed by atoms with Gasteiger partial charge in [0.2, 0.25) is 0 Å². The Morgan fingerprint density at radius 2 is 1.93 bits per heavy atom. The zero-order chi connectivity index (χ0) is 10.7. The predicted octanol–water partition coefficient (Wildman–Crippen LogP) is 0.745. The molecule has 2 rings (SSSR count). The van der Waals surface area contributed by atoms with Crippen LogP contribution < -0.4 is 5.32 Å².